The fourth-order valence-corrected chi connectivity index (χ4v) is 4.92. The number of rotatable bonds is 5. The molecule has 1 aromatic carbocycles. The Kier molecular flexibility index (Phi) is 7.66. The van der Waals surface area contributed by atoms with Gasteiger partial charge in [0.2, 0.25) is 0 Å². The number of halogens is 2. The highest BCUT2D eigenvalue weighted by atomic mass is 79.9. The second-order valence-electron chi connectivity index (χ2n) is 9.52. The summed E-state index contributed by atoms with van der Waals surface area (Å²) in [4.78, 5) is 14.7. The third-order valence-electron chi connectivity index (χ3n) is 5.46. The molecule has 2 aliphatic heterocycles. The normalized spacial score (nSPS) is 26.7. The van der Waals surface area contributed by atoms with Gasteiger partial charge in [-0.05, 0) is 75.4 Å². The van der Waals surface area contributed by atoms with Crippen molar-refractivity contribution in [2.75, 3.05) is 25.1 Å². The summed E-state index contributed by atoms with van der Waals surface area (Å²) < 4.78 is 18.1. The van der Waals surface area contributed by atoms with Gasteiger partial charge in [-0.15, -0.1) is 0 Å². The minimum Gasteiger partial charge on any atom is -0.506 e. The van der Waals surface area contributed by atoms with Crippen molar-refractivity contribution in [3.8, 4) is 5.75 Å². The summed E-state index contributed by atoms with van der Waals surface area (Å²) in [6.45, 7) is 9.00. The summed E-state index contributed by atoms with van der Waals surface area (Å²) in [5, 5.41) is 14.1. The first-order valence-corrected chi connectivity index (χ1v) is 11.8. The molecule has 0 aliphatic carbocycles. The summed E-state index contributed by atoms with van der Waals surface area (Å²) in [7, 11) is 0. The lowest BCUT2D eigenvalue weighted by Gasteiger charge is -2.37. The van der Waals surface area contributed by atoms with Gasteiger partial charge in [0.1, 0.15) is 11.4 Å². The van der Waals surface area contributed by atoms with Crippen molar-refractivity contribution in [1.29, 1.82) is 0 Å². The number of phenols is 1. The highest BCUT2D eigenvalue weighted by molar-refractivity contribution is 9.10. The van der Waals surface area contributed by atoms with Crippen molar-refractivity contribution in [1.82, 2.24) is 4.90 Å². The van der Waals surface area contributed by atoms with E-state index in [2.05, 4.69) is 21.2 Å². The van der Waals surface area contributed by atoms with Crippen LogP contribution in [0.25, 0.3) is 0 Å². The molecule has 0 unspecified atom stereocenters. The second kappa shape index (κ2) is 9.73. The lowest BCUT2D eigenvalue weighted by Crippen LogP contribution is -2.50. The Hall–Kier alpha value is -1.22. The molecule has 0 aromatic heterocycles. The number of carbonyl (C=O) groups excluding carboxylic acids is 1. The van der Waals surface area contributed by atoms with E-state index < -0.39 is 11.1 Å². The SMILES string of the molecule is CC(C)(C)OC(=O)N1C[C@@H](Nc2c(O)cc(Cl)cc2Br)C[C@@]1(C)CO[C@H]1CCCCO1. The summed E-state index contributed by atoms with van der Waals surface area (Å²) in [5.41, 5.74) is -0.650. The molecule has 9 heteroatoms. The highest BCUT2D eigenvalue weighted by Gasteiger charge is 2.47. The molecule has 0 saturated carbocycles. The zero-order valence-electron chi connectivity index (χ0n) is 18.5. The van der Waals surface area contributed by atoms with Gasteiger partial charge in [0.15, 0.2) is 6.29 Å². The summed E-state index contributed by atoms with van der Waals surface area (Å²) in [5.74, 6) is 0.0450. The molecule has 0 spiro atoms. The van der Waals surface area contributed by atoms with E-state index in [0.717, 1.165) is 19.3 Å². The Balaban J connectivity index is 1.76. The van der Waals surface area contributed by atoms with Gasteiger partial charge in [-0.3, -0.25) is 4.90 Å². The Morgan fingerprint density at radius 1 is 1.42 bits per heavy atom. The average molecular weight is 520 g/mol. The molecule has 1 aromatic rings. The molecule has 0 radical (unpaired) electrons. The van der Waals surface area contributed by atoms with Crippen LogP contribution in [0.15, 0.2) is 16.6 Å². The minimum atomic E-state index is -0.603. The number of amides is 1. The van der Waals surface area contributed by atoms with E-state index >= 15 is 0 Å². The molecule has 0 bridgehead atoms. The molecule has 3 atom stereocenters. The number of phenolic OH excluding ortho intramolecular Hbond substituents is 1. The van der Waals surface area contributed by atoms with E-state index in [-0.39, 0.29) is 24.2 Å². The van der Waals surface area contributed by atoms with Crippen LogP contribution in [-0.2, 0) is 14.2 Å². The molecule has 2 fully saturated rings. The van der Waals surface area contributed by atoms with Gasteiger partial charge >= 0.3 is 6.09 Å². The second-order valence-corrected chi connectivity index (χ2v) is 10.8. The number of hydrogen-bond acceptors (Lipinski definition) is 6. The number of nitrogens with zero attached hydrogens (tertiary/aromatic N) is 1. The number of anilines is 1. The first-order chi connectivity index (χ1) is 14.5. The molecular weight excluding hydrogens is 488 g/mol. The van der Waals surface area contributed by atoms with Gasteiger partial charge < -0.3 is 24.6 Å². The average Bonchev–Trinajstić information content (AvgIpc) is 2.99. The van der Waals surface area contributed by atoms with Crippen LogP contribution in [0.3, 0.4) is 0 Å². The highest BCUT2D eigenvalue weighted by Crippen LogP contribution is 2.39. The van der Waals surface area contributed by atoms with E-state index in [1.54, 1.807) is 11.0 Å². The lowest BCUT2D eigenvalue weighted by atomic mass is 9.98. The number of benzene rings is 1. The fourth-order valence-electron chi connectivity index (χ4n) is 4.01. The molecule has 31 heavy (non-hydrogen) atoms. The molecular formula is C22H32BrClN2O5. The van der Waals surface area contributed by atoms with Crippen LogP contribution < -0.4 is 5.32 Å². The molecule has 174 valence electrons. The smallest absolute Gasteiger partial charge is 0.410 e. The van der Waals surface area contributed by atoms with Gasteiger partial charge in [0.05, 0.1) is 17.8 Å². The Morgan fingerprint density at radius 2 is 2.16 bits per heavy atom. The maximum Gasteiger partial charge on any atom is 0.410 e. The zero-order valence-corrected chi connectivity index (χ0v) is 20.9. The largest absolute Gasteiger partial charge is 0.506 e. The third kappa shape index (κ3) is 6.40. The maximum atomic E-state index is 13.0. The van der Waals surface area contributed by atoms with E-state index in [0.29, 0.717) is 41.4 Å². The van der Waals surface area contributed by atoms with Gasteiger partial charge in [0, 0.05) is 34.8 Å². The first-order valence-electron chi connectivity index (χ1n) is 10.7. The van der Waals surface area contributed by atoms with Crippen LogP contribution in [0.5, 0.6) is 5.75 Å². The van der Waals surface area contributed by atoms with Crippen molar-refractivity contribution in [3.63, 3.8) is 0 Å². The molecule has 2 N–H and O–H groups in total. The van der Waals surface area contributed by atoms with Gasteiger partial charge in [0.25, 0.3) is 0 Å². The van der Waals surface area contributed by atoms with E-state index in [4.69, 9.17) is 25.8 Å². The van der Waals surface area contributed by atoms with Gasteiger partial charge in [-0.2, -0.15) is 0 Å². The van der Waals surface area contributed by atoms with Gasteiger partial charge in [-0.1, -0.05) is 11.6 Å². The number of likely N-dealkylation sites (tertiary alicyclic amines) is 1. The number of aromatic hydroxyl groups is 1. The zero-order chi connectivity index (χ0) is 22.8. The van der Waals surface area contributed by atoms with Crippen LogP contribution in [0.1, 0.15) is 53.4 Å². The van der Waals surface area contributed by atoms with Crippen molar-refractivity contribution in [2.45, 2.75) is 76.9 Å². The summed E-state index contributed by atoms with van der Waals surface area (Å²) in [6, 6.07) is 3.09. The molecule has 7 nitrogen and oxygen atoms in total. The van der Waals surface area contributed by atoms with Crippen LogP contribution in [0.2, 0.25) is 5.02 Å². The van der Waals surface area contributed by atoms with Crippen LogP contribution in [-0.4, -0.2) is 59.3 Å². The fraction of sp³-hybridized carbons (Fsp3) is 0.682. The Bertz CT molecular complexity index is 774. The number of ether oxygens (including phenoxy) is 3. The van der Waals surface area contributed by atoms with E-state index in [1.165, 1.54) is 6.07 Å². The number of carbonyl (C=O) groups is 1. The van der Waals surface area contributed by atoms with E-state index in [9.17, 15) is 9.90 Å². The quantitative estimate of drug-likeness (QED) is 0.498. The van der Waals surface area contributed by atoms with Crippen molar-refractivity contribution in [3.05, 3.63) is 21.6 Å². The maximum absolute atomic E-state index is 13.0. The summed E-state index contributed by atoms with van der Waals surface area (Å²) >= 11 is 9.46. The Morgan fingerprint density at radius 3 is 2.77 bits per heavy atom. The van der Waals surface area contributed by atoms with Crippen molar-refractivity contribution >= 4 is 39.3 Å². The van der Waals surface area contributed by atoms with Crippen molar-refractivity contribution in [2.24, 2.45) is 0 Å². The third-order valence-corrected chi connectivity index (χ3v) is 6.30. The van der Waals surface area contributed by atoms with Crippen LogP contribution in [0, 0.1) is 0 Å². The first kappa shape index (κ1) is 24.4. The topological polar surface area (TPSA) is 80.3 Å². The van der Waals surface area contributed by atoms with Crippen molar-refractivity contribution < 1.29 is 24.1 Å². The van der Waals surface area contributed by atoms with Gasteiger partial charge in [-0.25, -0.2) is 4.79 Å². The number of nitrogens with one attached hydrogen (secondary N) is 1. The molecule has 2 heterocycles. The minimum absolute atomic E-state index is 0.0450. The molecule has 2 saturated heterocycles. The summed E-state index contributed by atoms with van der Waals surface area (Å²) in [6.07, 6.45) is 2.97. The monoisotopic (exact) mass is 518 g/mol. The lowest BCUT2D eigenvalue weighted by molar-refractivity contribution is -0.177. The molecule has 1 amide bonds. The van der Waals surface area contributed by atoms with E-state index in [1.807, 2.05) is 27.7 Å². The van der Waals surface area contributed by atoms with Crippen LogP contribution >= 0.6 is 27.5 Å². The van der Waals surface area contributed by atoms with Crippen LogP contribution in [0.4, 0.5) is 10.5 Å². The predicted molar refractivity (Wildman–Crippen MR) is 124 cm³/mol. The number of hydrogen-bond donors (Lipinski definition) is 2. The standard InChI is InChI=1S/C22H32BrClN2O5/c1-21(2,3)31-20(28)26-12-15(25-19-16(23)9-14(24)10-17(19)27)11-22(26,4)13-30-18-7-5-6-8-29-18/h9-10,15,18,25,27H,5-8,11-13H2,1-4H3/t15-,18-,22-/m0/s1. The molecule has 3 rings (SSSR count). The molecule has 2 aliphatic rings. The predicted octanol–water partition coefficient (Wildman–Crippen LogP) is 5.53. The Labute approximate surface area is 197 Å².